The molecule has 2 aromatic carbocycles. The minimum absolute atomic E-state index is 0.156. The van der Waals surface area contributed by atoms with Crippen LogP contribution in [0.25, 0.3) is 21.9 Å². The number of Topliss-reactive ketones (excluding diaryl/α,β-unsaturated/α-hetero) is 4. The molecule has 250 valence electrons. The maximum absolute atomic E-state index is 14.0. The van der Waals surface area contributed by atoms with Gasteiger partial charge in [-0.3, -0.25) is 19.2 Å². The van der Waals surface area contributed by atoms with E-state index < -0.39 is 51.8 Å². The normalized spacial score (nSPS) is 17.0. The second-order valence-electron chi connectivity index (χ2n) is 13.4. The number of carbonyl (C=O) groups is 4. The minimum Gasteiger partial charge on any atom is -0.288 e. The predicted molar refractivity (Wildman–Crippen MR) is 183 cm³/mol. The van der Waals surface area contributed by atoms with Gasteiger partial charge >= 0.3 is 0 Å². The van der Waals surface area contributed by atoms with E-state index in [1.54, 1.807) is 0 Å². The molecule has 0 radical (unpaired) electrons. The van der Waals surface area contributed by atoms with E-state index in [2.05, 4.69) is 27.7 Å². The first-order chi connectivity index (χ1) is 23.3. The van der Waals surface area contributed by atoms with Gasteiger partial charge in [0.1, 0.15) is 0 Å². The Morgan fingerprint density at radius 2 is 0.878 bits per heavy atom. The smallest absolute Gasteiger partial charge is 0.197 e. The first-order valence-corrected chi connectivity index (χ1v) is 17.8. The maximum Gasteiger partial charge on any atom is 0.197 e. The largest absolute Gasteiger partial charge is 0.288 e. The number of fused-ring (bicyclic) bond motifs is 5. The number of hydrogen-bond acceptors (Lipinski definition) is 6. The van der Waals surface area contributed by atoms with Crippen molar-refractivity contribution < 1.29 is 36.7 Å². The highest BCUT2D eigenvalue weighted by Gasteiger charge is 2.47. The standard InChI is InChI=1S/C39H30F4O4S2/c1-5-17(3)15-39(16-18(4)6-2)27-9-19(7-25-33(44)21-11-29(40)30(41)12-22(21)34(25)45)48-37(27)38-28(39)10-20(49-38)8-26-35(46)23-13-31(42)32(43)14-24(23)36(26)47/h7-14,17-18H,5-6,15-16H2,1-4H3. The number of benzene rings is 2. The molecule has 2 aromatic heterocycles. The summed E-state index contributed by atoms with van der Waals surface area (Å²) in [6.45, 7) is 8.65. The van der Waals surface area contributed by atoms with Gasteiger partial charge in [0.2, 0.25) is 0 Å². The first kappa shape index (κ1) is 33.2. The summed E-state index contributed by atoms with van der Waals surface area (Å²) < 4.78 is 55.9. The number of carbonyl (C=O) groups excluding carboxylic acids is 4. The SMILES string of the molecule is CCC(C)CC1(CC(C)CC)c2cc(C=C3C(=O)c4cc(F)c(F)cc4C3=O)sc2-c2sc(C=C3C(=O)c4cc(F)c(F)cc4C3=O)cc21. The lowest BCUT2D eigenvalue weighted by atomic mass is 9.67. The van der Waals surface area contributed by atoms with E-state index >= 15 is 0 Å². The van der Waals surface area contributed by atoms with Crippen molar-refractivity contribution in [3.63, 3.8) is 0 Å². The van der Waals surface area contributed by atoms with Gasteiger partial charge in [-0.2, -0.15) is 0 Å². The highest BCUT2D eigenvalue weighted by Crippen LogP contribution is 2.61. The molecule has 0 spiro atoms. The molecule has 4 nitrogen and oxygen atoms in total. The molecule has 10 heteroatoms. The molecule has 3 aliphatic rings. The zero-order chi connectivity index (χ0) is 35.1. The summed E-state index contributed by atoms with van der Waals surface area (Å²) in [5, 5.41) is 0. The van der Waals surface area contributed by atoms with E-state index in [4.69, 9.17) is 0 Å². The number of ketones is 4. The van der Waals surface area contributed by atoms with Crippen LogP contribution in [-0.2, 0) is 5.41 Å². The quantitative estimate of drug-likeness (QED) is 0.104. The van der Waals surface area contributed by atoms with Crippen LogP contribution in [0.1, 0.15) is 116 Å². The molecule has 2 heterocycles. The topological polar surface area (TPSA) is 68.3 Å². The van der Waals surface area contributed by atoms with Gasteiger partial charge < -0.3 is 0 Å². The molecule has 0 aliphatic heterocycles. The molecule has 0 fully saturated rings. The fraction of sp³-hybridized carbons (Fsp3) is 0.282. The summed E-state index contributed by atoms with van der Waals surface area (Å²) in [5.74, 6) is -6.78. The van der Waals surface area contributed by atoms with Crippen LogP contribution in [0.5, 0.6) is 0 Å². The minimum atomic E-state index is -1.20. The Balaban J connectivity index is 1.36. The molecule has 3 aliphatic carbocycles. The molecule has 7 rings (SSSR count). The van der Waals surface area contributed by atoms with Crippen molar-refractivity contribution in [1.29, 1.82) is 0 Å². The molecular formula is C39H30F4O4S2. The van der Waals surface area contributed by atoms with Crippen LogP contribution in [0.15, 0.2) is 47.5 Å². The van der Waals surface area contributed by atoms with Crippen LogP contribution in [0, 0.1) is 35.1 Å². The van der Waals surface area contributed by atoms with E-state index in [-0.39, 0.29) is 33.4 Å². The van der Waals surface area contributed by atoms with Crippen molar-refractivity contribution in [2.45, 2.75) is 58.8 Å². The van der Waals surface area contributed by atoms with Crippen LogP contribution >= 0.6 is 22.7 Å². The van der Waals surface area contributed by atoms with Gasteiger partial charge in [-0.1, -0.05) is 40.5 Å². The highest BCUT2D eigenvalue weighted by molar-refractivity contribution is 7.23. The van der Waals surface area contributed by atoms with Crippen molar-refractivity contribution >= 4 is 58.0 Å². The first-order valence-electron chi connectivity index (χ1n) is 16.2. The van der Waals surface area contributed by atoms with Crippen LogP contribution in [0.2, 0.25) is 0 Å². The monoisotopic (exact) mass is 702 g/mol. The summed E-state index contributed by atoms with van der Waals surface area (Å²) in [5.41, 5.74) is 0.733. The summed E-state index contributed by atoms with van der Waals surface area (Å²) in [6, 6.07) is 7.09. The number of thiophene rings is 2. The van der Waals surface area contributed by atoms with E-state index in [1.165, 1.54) is 34.8 Å². The lowest BCUT2D eigenvalue weighted by Gasteiger charge is -2.35. The Labute approximate surface area is 288 Å². The van der Waals surface area contributed by atoms with E-state index in [0.29, 0.717) is 21.6 Å². The zero-order valence-corrected chi connectivity index (χ0v) is 28.7. The molecule has 4 aromatic rings. The molecule has 0 saturated carbocycles. The fourth-order valence-corrected chi connectivity index (χ4v) is 9.90. The second kappa shape index (κ2) is 11.9. The number of rotatable bonds is 8. The van der Waals surface area contributed by atoms with Crippen LogP contribution in [-0.4, -0.2) is 23.1 Å². The average molecular weight is 703 g/mol. The summed E-state index contributed by atoms with van der Waals surface area (Å²) in [7, 11) is 0. The van der Waals surface area contributed by atoms with Crippen molar-refractivity contribution in [1.82, 2.24) is 0 Å². The van der Waals surface area contributed by atoms with Gasteiger partial charge in [-0.25, -0.2) is 17.6 Å². The van der Waals surface area contributed by atoms with E-state index in [9.17, 15) is 36.7 Å². The molecule has 0 bridgehead atoms. The van der Waals surface area contributed by atoms with E-state index in [0.717, 1.165) is 70.8 Å². The fourth-order valence-electron chi connectivity index (χ4n) is 7.34. The number of halogens is 4. The van der Waals surface area contributed by atoms with Gasteiger partial charge in [-0.15, -0.1) is 22.7 Å². The number of hydrogen-bond donors (Lipinski definition) is 0. The zero-order valence-electron chi connectivity index (χ0n) is 27.1. The summed E-state index contributed by atoms with van der Waals surface area (Å²) >= 11 is 2.81. The van der Waals surface area contributed by atoms with Crippen LogP contribution in [0.4, 0.5) is 17.6 Å². The van der Waals surface area contributed by atoms with Crippen LogP contribution in [0.3, 0.4) is 0 Å². The lowest BCUT2D eigenvalue weighted by molar-refractivity contribution is 0.0975. The lowest BCUT2D eigenvalue weighted by Crippen LogP contribution is -2.29. The van der Waals surface area contributed by atoms with Crippen molar-refractivity contribution in [2.75, 3.05) is 0 Å². The predicted octanol–water partition coefficient (Wildman–Crippen LogP) is 10.4. The Hall–Kier alpha value is -4.28. The molecule has 0 amide bonds. The summed E-state index contributed by atoms with van der Waals surface area (Å²) in [6.07, 6.45) is 6.47. The van der Waals surface area contributed by atoms with Gasteiger partial charge in [0, 0.05) is 47.2 Å². The maximum atomic E-state index is 14.0. The molecule has 2 atom stereocenters. The average Bonchev–Trinajstić information content (AvgIpc) is 3.83. The van der Waals surface area contributed by atoms with Gasteiger partial charge in [-0.05, 0) is 84.4 Å². The van der Waals surface area contributed by atoms with Crippen molar-refractivity contribution in [3.05, 3.63) is 114 Å². The Bertz CT molecular complexity index is 1980. The summed E-state index contributed by atoms with van der Waals surface area (Å²) in [4.78, 5) is 56.0. The van der Waals surface area contributed by atoms with Gasteiger partial charge in [0.05, 0.1) is 11.1 Å². The molecular weight excluding hydrogens is 673 g/mol. The third-order valence-electron chi connectivity index (χ3n) is 10.2. The van der Waals surface area contributed by atoms with Gasteiger partial charge in [0.25, 0.3) is 0 Å². The van der Waals surface area contributed by atoms with E-state index in [1.807, 2.05) is 12.1 Å². The molecule has 0 N–H and O–H groups in total. The third-order valence-corrected chi connectivity index (χ3v) is 12.5. The van der Waals surface area contributed by atoms with Crippen molar-refractivity contribution in [2.24, 2.45) is 11.8 Å². The Morgan fingerprint density at radius 3 is 1.16 bits per heavy atom. The molecule has 49 heavy (non-hydrogen) atoms. The second-order valence-corrected chi connectivity index (χ2v) is 15.5. The third kappa shape index (κ3) is 5.14. The highest BCUT2D eigenvalue weighted by atomic mass is 32.1. The van der Waals surface area contributed by atoms with Gasteiger partial charge in [0.15, 0.2) is 46.4 Å². The molecule has 0 saturated heterocycles. The Morgan fingerprint density at radius 1 is 0.571 bits per heavy atom. The molecule has 2 unspecified atom stereocenters. The van der Waals surface area contributed by atoms with Crippen LogP contribution < -0.4 is 0 Å². The van der Waals surface area contributed by atoms with Crippen molar-refractivity contribution in [3.8, 4) is 9.75 Å². The Kier molecular flexibility index (Phi) is 8.10. The number of allylic oxidation sites excluding steroid dienone is 2.